The van der Waals surface area contributed by atoms with Crippen LogP contribution in [0, 0.1) is 5.82 Å². The summed E-state index contributed by atoms with van der Waals surface area (Å²) in [5, 5.41) is 6.33. The van der Waals surface area contributed by atoms with Crippen molar-refractivity contribution in [3.8, 4) is 0 Å². The molecule has 0 amide bonds. The highest BCUT2D eigenvalue weighted by Gasteiger charge is 2.17. The van der Waals surface area contributed by atoms with Crippen LogP contribution in [0.3, 0.4) is 0 Å². The molecule has 1 aliphatic heterocycles. The maximum Gasteiger partial charge on any atom is 0.233 e. The molecule has 2 N–H and O–H groups in total. The van der Waals surface area contributed by atoms with Gasteiger partial charge in [-0.15, -0.1) is 12.4 Å². The van der Waals surface area contributed by atoms with Gasteiger partial charge in [-0.1, -0.05) is 32.0 Å². The van der Waals surface area contributed by atoms with Gasteiger partial charge in [-0.05, 0) is 41.8 Å². The molecule has 0 spiro atoms. The maximum atomic E-state index is 13.6. The van der Waals surface area contributed by atoms with E-state index in [9.17, 15) is 4.39 Å². The summed E-state index contributed by atoms with van der Waals surface area (Å²) in [5.41, 5.74) is 2.72. The van der Waals surface area contributed by atoms with Gasteiger partial charge in [0.15, 0.2) is 0 Å². The molecule has 1 aromatic heterocycles. The van der Waals surface area contributed by atoms with Gasteiger partial charge in [-0.3, -0.25) is 0 Å². The van der Waals surface area contributed by atoms with Crippen molar-refractivity contribution < 1.29 is 9.13 Å². The van der Waals surface area contributed by atoms with Crippen molar-refractivity contribution in [2.45, 2.75) is 19.8 Å². The first-order valence-electron chi connectivity index (χ1n) is 10.1. The second-order valence-electron chi connectivity index (χ2n) is 7.42. The fraction of sp³-hybridized carbons (Fsp3) is 0.318. The topological polar surface area (TPSA) is 75.2 Å². The Morgan fingerprint density at radius 3 is 2.16 bits per heavy atom. The van der Waals surface area contributed by atoms with Crippen molar-refractivity contribution in [2.24, 2.45) is 0 Å². The minimum absolute atomic E-state index is 0. The number of benzene rings is 2. The van der Waals surface area contributed by atoms with E-state index in [0.29, 0.717) is 55.8 Å². The summed E-state index contributed by atoms with van der Waals surface area (Å²) in [7, 11) is 0. The minimum atomic E-state index is -0.328. The summed E-state index contributed by atoms with van der Waals surface area (Å²) >= 11 is 0. The van der Waals surface area contributed by atoms with Crippen molar-refractivity contribution in [2.75, 3.05) is 41.8 Å². The zero-order valence-corrected chi connectivity index (χ0v) is 18.3. The summed E-state index contributed by atoms with van der Waals surface area (Å²) in [5.74, 6) is 1.45. The van der Waals surface area contributed by atoms with Crippen LogP contribution in [0.1, 0.15) is 25.3 Å². The van der Waals surface area contributed by atoms with E-state index in [2.05, 4.69) is 56.5 Å². The number of nitrogens with one attached hydrogen (secondary N) is 2. The van der Waals surface area contributed by atoms with Crippen LogP contribution in [-0.4, -0.2) is 41.3 Å². The molecule has 0 bridgehead atoms. The predicted molar refractivity (Wildman–Crippen MR) is 124 cm³/mol. The molecule has 1 saturated heterocycles. The third-order valence-electron chi connectivity index (χ3n) is 4.83. The van der Waals surface area contributed by atoms with Gasteiger partial charge in [-0.25, -0.2) is 4.39 Å². The summed E-state index contributed by atoms with van der Waals surface area (Å²) < 4.78 is 19.0. The Bertz CT molecular complexity index is 996. The second-order valence-corrected chi connectivity index (χ2v) is 7.42. The van der Waals surface area contributed by atoms with E-state index in [4.69, 9.17) is 4.74 Å². The third-order valence-corrected chi connectivity index (χ3v) is 4.83. The van der Waals surface area contributed by atoms with Crippen LogP contribution in [0.25, 0.3) is 0 Å². The lowest BCUT2D eigenvalue weighted by molar-refractivity contribution is 0.122. The highest BCUT2D eigenvalue weighted by molar-refractivity contribution is 5.85. The lowest BCUT2D eigenvalue weighted by Crippen LogP contribution is -2.37. The number of morpholine rings is 1. The highest BCUT2D eigenvalue weighted by Crippen LogP contribution is 2.23. The number of hydrogen-bond donors (Lipinski definition) is 2. The standard InChI is InChI=1S/C22H25FN6O.ClH/c1-15(2)16-6-8-18(9-7-16)24-20-26-21(25-19-5-3-4-17(23)14-19)28-22(27-20)29-10-12-30-13-11-29;/h3-9,14-15H,10-13H2,1-2H3,(H2,24,25,26,27,28);1H. The molecule has 0 unspecified atom stereocenters. The lowest BCUT2D eigenvalue weighted by atomic mass is 10.0. The Morgan fingerprint density at radius 2 is 1.55 bits per heavy atom. The van der Waals surface area contributed by atoms with Gasteiger partial charge >= 0.3 is 0 Å². The van der Waals surface area contributed by atoms with Crippen LogP contribution in [0.15, 0.2) is 48.5 Å². The van der Waals surface area contributed by atoms with Crippen LogP contribution in [0.5, 0.6) is 0 Å². The number of nitrogens with zero attached hydrogens (tertiary/aromatic N) is 4. The summed E-state index contributed by atoms with van der Waals surface area (Å²) in [6.07, 6.45) is 0. The first-order valence-corrected chi connectivity index (χ1v) is 10.1. The van der Waals surface area contributed by atoms with E-state index in [0.717, 1.165) is 5.69 Å². The number of aromatic nitrogens is 3. The van der Waals surface area contributed by atoms with Crippen LogP contribution in [0.4, 0.5) is 33.6 Å². The average molecular weight is 445 g/mol. The fourth-order valence-corrected chi connectivity index (χ4v) is 3.16. The van der Waals surface area contributed by atoms with Gasteiger partial charge < -0.3 is 20.3 Å². The smallest absolute Gasteiger partial charge is 0.233 e. The van der Waals surface area contributed by atoms with Crippen molar-refractivity contribution in [3.05, 3.63) is 59.9 Å². The minimum Gasteiger partial charge on any atom is -0.378 e. The van der Waals surface area contributed by atoms with E-state index >= 15 is 0 Å². The van der Waals surface area contributed by atoms with Crippen molar-refractivity contribution in [1.82, 2.24) is 15.0 Å². The van der Waals surface area contributed by atoms with Crippen LogP contribution < -0.4 is 15.5 Å². The van der Waals surface area contributed by atoms with Gasteiger partial charge in [0.1, 0.15) is 5.82 Å². The number of halogens is 2. The molecular formula is C22H26ClFN6O. The molecule has 0 aliphatic carbocycles. The second kappa shape index (κ2) is 10.4. The number of ether oxygens (including phenoxy) is 1. The normalized spacial score (nSPS) is 13.6. The SMILES string of the molecule is CC(C)c1ccc(Nc2nc(Nc3cccc(F)c3)nc(N3CCOCC3)n2)cc1.Cl. The number of rotatable bonds is 6. The van der Waals surface area contributed by atoms with Crippen molar-refractivity contribution in [1.29, 1.82) is 0 Å². The van der Waals surface area contributed by atoms with E-state index in [1.54, 1.807) is 12.1 Å². The zero-order chi connectivity index (χ0) is 20.9. The Labute approximate surface area is 187 Å². The van der Waals surface area contributed by atoms with Gasteiger partial charge in [0.05, 0.1) is 13.2 Å². The molecule has 0 atom stereocenters. The van der Waals surface area contributed by atoms with Crippen molar-refractivity contribution in [3.63, 3.8) is 0 Å². The molecule has 0 radical (unpaired) electrons. The Balaban J connectivity index is 0.00000272. The van der Waals surface area contributed by atoms with E-state index in [-0.39, 0.29) is 18.2 Å². The summed E-state index contributed by atoms with van der Waals surface area (Å²) in [6.45, 7) is 6.97. The fourth-order valence-electron chi connectivity index (χ4n) is 3.16. The first-order chi connectivity index (χ1) is 14.6. The van der Waals surface area contributed by atoms with E-state index in [1.165, 1.54) is 17.7 Å². The lowest BCUT2D eigenvalue weighted by Gasteiger charge is -2.27. The van der Waals surface area contributed by atoms with Gasteiger partial charge in [0.2, 0.25) is 17.8 Å². The molecule has 3 aromatic rings. The molecule has 31 heavy (non-hydrogen) atoms. The van der Waals surface area contributed by atoms with E-state index in [1.807, 2.05) is 12.1 Å². The van der Waals surface area contributed by atoms with Crippen LogP contribution in [0.2, 0.25) is 0 Å². The maximum absolute atomic E-state index is 13.6. The molecule has 164 valence electrons. The van der Waals surface area contributed by atoms with Crippen LogP contribution in [-0.2, 0) is 4.74 Å². The van der Waals surface area contributed by atoms with Crippen molar-refractivity contribution >= 4 is 41.6 Å². The third kappa shape index (κ3) is 6.02. The van der Waals surface area contributed by atoms with Gasteiger partial charge in [0, 0.05) is 24.5 Å². The molecule has 2 heterocycles. The number of anilines is 5. The number of hydrogen-bond acceptors (Lipinski definition) is 7. The Morgan fingerprint density at radius 1 is 0.903 bits per heavy atom. The Kier molecular flexibility index (Phi) is 7.59. The zero-order valence-electron chi connectivity index (χ0n) is 17.5. The predicted octanol–water partition coefficient (Wildman–Crippen LogP) is 4.88. The molecule has 4 rings (SSSR count). The Hall–Kier alpha value is -2.97. The molecule has 1 aliphatic rings. The van der Waals surface area contributed by atoms with Crippen LogP contribution >= 0.6 is 12.4 Å². The monoisotopic (exact) mass is 444 g/mol. The molecular weight excluding hydrogens is 419 g/mol. The molecule has 1 fully saturated rings. The molecule has 7 nitrogen and oxygen atoms in total. The van der Waals surface area contributed by atoms with E-state index < -0.39 is 0 Å². The first kappa shape index (κ1) is 22.7. The molecule has 9 heteroatoms. The summed E-state index contributed by atoms with van der Waals surface area (Å²) in [6, 6.07) is 14.4. The molecule has 0 saturated carbocycles. The average Bonchev–Trinajstić information content (AvgIpc) is 2.75. The van der Waals surface area contributed by atoms with Gasteiger partial charge in [0.25, 0.3) is 0 Å². The quantitative estimate of drug-likeness (QED) is 0.561. The van der Waals surface area contributed by atoms with Gasteiger partial charge in [-0.2, -0.15) is 15.0 Å². The largest absolute Gasteiger partial charge is 0.378 e. The molecule has 2 aromatic carbocycles. The summed E-state index contributed by atoms with van der Waals surface area (Å²) in [4.78, 5) is 15.7. The highest BCUT2D eigenvalue weighted by atomic mass is 35.5.